The minimum absolute atomic E-state index is 0.324. The first kappa shape index (κ1) is 13.3. The molecule has 0 unspecified atom stereocenters. The fourth-order valence-corrected chi connectivity index (χ4v) is 1.16. The topological polar surface area (TPSA) is 49.3 Å². The molecule has 0 atom stereocenters. The second kappa shape index (κ2) is 4.27. The van der Waals surface area contributed by atoms with Crippen molar-refractivity contribution in [1.29, 1.82) is 0 Å². The molecule has 0 fully saturated rings. The van der Waals surface area contributed by atoms with Crippen LogP contribution in [-0.2, 0) is 11.0 Å². The Hall–Kier alpha value is -1.72. The molecular formula is C11H12F3NO2. The highest BCUT2D eigenvalue weighted by Crippen LogP contribution is 2.30. The van der Waals surface area contributed by atoms with E-state index in [1.807, 2.05) is 0 Å². The second-order valence-corrected chi connectivity index (χ2v) is 4.13. The van der Waals surface area contributed by atoms with E-state index in [4.69, 9.17) is 5.11 Å². The molecule has 0 saturated carbocycles. The van der Waals surface area contributed by atoms with E-state index in [0.29, 0.717) is 5.69 Å². The van der Waals surface area contributed by atoms with E-state index in [1.54, 1.807) is 0 Å². The first-order valence-corrected chi connectivity index (χ1v) is 4.82. The van der Waals surface area contributed by atoms with Gasteiger partial charge in [0.05, 0.1) is 5.56 Å². The third-order valence-corrected chi connectivity index (χ3v) is 2.20. The van der Waals surface area contributed by atoms with Crippen LogP contribution in [0.25, 0.3) is 0 Å². The van der Waals surface area contributed by atoms with Crippen molar-refractivity contribution < 1.29 is 23.1 Å². The molecule has 0 amide bonds. The standard InChI is InChI=1S/C11H12F3NO2/c1-10(2,9(16)17)15-8-5-3-7(4-6-8)11(12,13)14/h3-6,15H,1-2H3,(H,16,17). The normalized spacial score (nSPS) is 12.3. The molecule has 1 aromatic carbocycles. The first-order chi connectivity index (χ1) is 7.63. The molecule has 0 aromatic heterocycles. The molecule has 0 aliphatic heterocycles. The monoisotopic (exact) mass is 247 g/mol. The van der Waals surface area contributed by atoms with Crippen LogP contribution in [0.3, 0.4) is 0 Å². The minimum Gasteiger partial charge on any atom is -0.480 e. The lowest BCUT2D eigenvalue weighted by atomic mass is 10.1. The predicted octanol–water partition coefficient (Wildman–Crippen LogP) is 2.98. The van der Waals surface area contributed by atoms with Gasteiger partial charge in [-0.25, -0.2) is 4.79 Å². The summed E-state index contributed by atoms with van der Waals surface area (Å²) in [6.07, 6.45) is -4.39. The van der Waals surface area contributed by atoms with E-state index in [9.17, 15) is 18.0 Å². The zero-order chi connectivity index (χ0) is 13.3. The maximum atomic E-state index is 12.3. The number of anilines is 1. The van der Waals surface area contributed by atoms with Gasteiger partial charge in [0.1, 0.15) is 5.54 Å². The summed E-state index contributed by atoms with van der Waals surface area (Å²) in [4.78, 5) is 10.8. The molecule has 1 rings (SSSR count). The SMILES string of the molecule is CC(C)(Nc1ccc(C(F)(F)F)cc1)C(=O)O. The van der Waals surface area contributed by atoms with Gasteiger partial charge < -0.3 is 10.4 Å². The van der Waals surface area contributed by atoms with E-state index >= 15 is 0 Å². The van der Waals surface area contributed by atoms with Gasteiger partial charge in [-0.15, -0.1) is 0 Å². The summed E-state index contributed by atoms with van der Waals surface area (Å²) in [5.74, 6) is -1.09. The molecule has 0 spiro atoms. The fraction of sp³-hybridized carbons (Fsp3) is 0.364. The Morgan fingerprint density at radius 3 is 2.00 bits per heavy atom. The lowest BCUT2D eigenvalue weighted by Gasteiger charge is -2.22. The van der Waals surface area contributed by atoms with Gasteiger partial charge in [-0.1, -0.05) is 0 Å². The van der Waals surface area contributed by atoms with E-state index in [0.717, 1.165) is 12.1 Å². The van der Waals surface area contributed by atoms with E-state index in [-0.39, 0.29) is 0 Å². The van der Waals surface area contributed by atoms with E-state index in [2.05, 4.69) is 5.32 Å². The second-order valence-electron chi connectivity index (χ2n) is 4.13. The average Bonchev–Trinajstić information content (AvgIpc) is 2.16. The summed E-state index contributed by atoms with van der Waals surface area (Å²) in [5.41, 5.74) is -1.68. The predicted molar refractivity (Wildman–Crippen MR) is 56.8 cm³/mol. The number of hydrogen-bond acceptors (Lipinski definition) is 2. The Labute approximate surface area is 96.3 Å². The quantitative estimate of drug-likeness (QED) is 0.863. The summed E-state index contributed by atoms with van der Waals surface area (Å²) in [6.45, 7) is 2.85. The van der Waals surface area contributed by atoms with Crippen molar-refractivity contribution in [3.05, 3.63) is 29.8 Å². The number of alkyl halides is 3. The molecule has 0 saturated heterocycles. The molecule has 0 heterocycles. The number of rotatable bonds is 3. The Bertz CT molecular complexity index is 410. The molecule has 0 aliphatic rings. The van der Waals surface area contributed by atoms with Crippen molar-refractivity contribution in [2.45, 2.75) is 25.6 Å². The van der Waals surface area contributed by atoms with Gasteiger partial charge in [0, 0.05) is 5.69 Å². The van der Waals surface area contributed by atoms with Crippen LogP contribution in [0.5, 0.6) is 0 Å². The van der Waals surface area contributed by atoms with E-state index in [1.165, 1.54) is 26.0 Å². The summed E-state index contributed by atoms with van der Waals surface area (Å²) >= 11 is 0. The van der Waals surface area contributed by atoms with Gasteiger partial charge in [-0.3, -0.25) is 0 Å². The number of carboxylic acid groups (broad SMARTS) is 1. The molecule has 0 radical (unpaired) electrons. The number of aliphatic carboxylic acids is 1. The Morgan fingerprint density at radius 1 is 1.18 bits per heavy atom. The molecule has 94 valence electrons. The largest absolute Gasteiger partial charge is 0.480 e. The maximum absolute atomic E-state index is 12.3. The lowest BCUT2D eigenvalue weighted by Crippen LogP contribution is -2.39. The zero-order valence-corrected chi connectivity index (χ0v) is 9.30. The van der Waals surface area contributed by atoms with E-state index < -0.39 is 23.2 Å². The van der Waals surface area contributed by atoms with Gasteiger partial charge in [0.15, 0.2) is 0 Å². The smallest absolute Gasteiger partial charge is 0.416 e. The number of carbonyl (C=O) groups is 1. The zero-order valence-electron chi connectivity index (χ0n) is 9.30. The van der Waals surface area contributed by atoms with Crippen LogP contribution in [0.2, 0.25) is 0 Å². The van der Waals surface area contributed by atoms with Gasteiger partial charge in [-0.05, 0) is 38.1 Å². The van der Waals surface area contributed by atoms with Crippen molar-refractivity contribution >= 4 is 11.7 Å². The lowest BCUT2D eigenvalue weighted by molar-refractivity contribution is -0.141. The fourth-order valence-electron chi connectivity index (χ4n) is 1.16. The summed E-state index contributed by atoms with van der Waals surface area (Å²) in [6, 6.07) is 4.21. The number of hydrogen-bond donors (Lipinski definition) is 2. The van der Waals surface area contributed by atoms with Gasteiger partial charge in [-0.2, -0.15) is 13.2 Å². The van der Waals surface area contributed by atoms with Crippen LogP contribution in [-0.4, -0.2) is 16.6 Å². The van der Waals surface area contributed by atoms with Gasteiger partial charge >= 0.3 is 12.1 Å². The third-order valence-electron chi connectivity index (χ3n) is 2.20. The maximum Gasteiger partial charge on any atom is 0.416 e. The summed E-state index contributed by atoms with van der Waals surface area (Å²) in [7, 11) is 0. The number of halogens is 3. The summed E-state index contributed by atoms with van der Waals surface area (Å²) in [5, 5.41) is 11.5. The average molecular weight is 247 g/mol. The molecule has 3 nitrogen and oxygen atoms in total. The van der Waals surface area contributed by atoms with Crippen molar-refractivity contribution in [3.8, 4) is 0 Å². The highest BCUT2D eigenvalue weighted by atomic mass is 19.4. The van der Waals surface area contributed by atoms with Crippen LogP contribution >= 0.6 is 0 Å². The number of nitrogens with one attached hydrogen (secondary N) is 1. The van der Waals surface area contributed by atoms with Crippen LogP contribution in [0.1, 0.15) is 19.4 Å². The Kier molecular flexibility index (Phi) is 3.35. The molecule has 6 heteroatoms. The van der Waals surface area contributed by atoms with Crippen molar-refractivity contribution in [1.82, 2.24) is 0 Å². The molecule has 0 aliphatic carbocycles. The minimum atomic E-state index is -4.39. The third kappa shape index (κ3) is 3.37. The molecule has 0 bridgehead atoms. The van der Waals surface area contributed by atoms with Crippen LogP contribution in [0.15, 0.2) is 24.3 Å². The molecule has 1 aromatic rings. The number of benzene rings is 1. The van der Waals surface area contributed by atoms with Crippen LogP contribution < -0.4 is 5.32 Å². The van der Waals surface area contributed by atoms with Crippen LogP contribution in [0, 0.1) is 0 Å². The Morgan fingerprint density at radius 2 is 1.65 bits per heavy atom. The van der Waals surface area contributed by atoms with Crippen molar-refractivity contribution in [2.24, 2.45) is 0 Å². The Balaban J connectivity index is 2.86. The van der Waals surface area contributed by atoms with Crippen molar-refractivity contribution in [2.75, 3.05) is 5.32 Å². The van der Waals surface area contributed by atoms with Gasteiger partial charge in [0.2, 0.25) is 0 Å². The number of carboxylic acids is 1. The van der Waals surface area contributed by atoms with Gasteiger partial charge in [0.25, 0.3) is 0 Å². The molecular weight excluding hydrogens is 235 g/mol. The first-order valence-electron chi connectivity index (χ1n) is 4.82. The molecule has 17 heavy (non-hydrogen) atoms. The highest BCUT2D eigenvalue weighted by Gasteiger charge is 2.31. The van der Waals surface area contributed by atoms with Crippen molar-refractivity contribution in [3.63, 3.8) is 0 Å². The molecule has 2 N–H and O–H groups in total. The van der Waals surface area contributed by atoms with Crippen LogP contribution in [0.4, 0.5) is 18.9 Å². The summed E-state index contributed by atoms with van der Waals surface area (Å²) < 4.78 is 36.8. The highest BCUT2D eigenvalue weighted by molar-refractivity contribution is 5.81.